The minimum atomic E-state index is 0.543. The van der Waals surface area contributed by atoms with Gasteiger partial charge >= 0.3 is 0 Å². The van der Waals surface area contributed by atoms with Crippen molar-refractivity contribution >= 4 is 0 Å². The Hall–Kier alpha value is -0.780. The lowest BCUT2D eigenvalue weighted by molar-refractivity contribution is 0.788. The highest BCUT2D eigenvalue weighted by molar-refractivity contribution is 5.29. The molecule has 0 atom stereocenters. The summed E-state index contributed by atoms with van der Waals surface area (Å²) < 4.78 is 0. The van der Waals surface area contributed by atoms with Crippen LogP contribution in [-0.2, 0) is 5.41 Å². The van der Waals surface area contributed by atoms with Gasteiger partial charge in [-0.25, -0.2) is 0 Å². The Labute approximate surface area is 61.9 Å². The monoisotopic (exact) mass is 132 g/mol. The van der Waals surface area contributed by atoms with Gasteiger partial charge in [-0.15, -0.1) is 0 Å². The molecule has 0 heterocycles. The molecular formula is C10H12. The van der Waals surface area contributed by atoms with Crippen LogP contribution < -0.4 is 0 Å². The molecule has 1 aliphatic rings. The third-order valence-corrected chi connectivity index (χ3v) is 2.47. The molecule has 0 radical (unpaired) electrons. The van der Waals surface area contributed by atoms with E-state index in [9.17, 15) is 0 Å². The van der Waals surface area contributed by atoms with Crippen molar-refractivity contribution in [3.63, 3.8) is 0 Å². The smallest absolute Gasteiger partial charge is 0.00746 e. The Kier molecular flexibility index (Phi) is 1.10. The van der Waals surface area contributed by atoms with Crippen molar-refractivity contribution in [2.75, 3.05) is 0 Å². The van der Waals surface area contributed by atoms with Crippen molar-refractivity contribution in [3.05, 3.63) is 35.9 Å². The topological polar surface area (TPSA) is 0 Å². The molecule has 1 aliphatic carbocycles. The fraction of sp³-hybridized carbons (Fsp3) is 0.400. The largest absolute Gasteiger partial charge is 0.0622 e. The SMILES string of the molecule is CC1(c2ccccc2)CC1. The highest BCUT2D eigenvalue weighted by atomic mass is 14.4. The van der Waals surface area contributed by atoms with E-state index in [0.717, 1.165) is 0 Å². The van der Waals surface area contributed by atoms with Gasteiger partial charge in [-0.2, -0.15) is 0 Å². The van der Waals surface area contributed by atoms with E-state index in [0.29, 0.717) is 5.41 Å². The number of rotatable bonds is 1. The Morgan fingerprint density at radius 3 is 2.20 bits per heavy atom. The van der Waals surface area contributed by atoms with Crippen LogP contribution in [0.3, 0.4) is 0 Å². The molecule has 1 saturated carbocycles. The summed E-state index contributed by atoms with van der Waals surface area (Å²) in [5, 5.41) is 0. The minimum absolute atomic E-state index is 0.543. The molecule has 0 nitrogen and oxygen atoms in total. The Morgan fingerprint density at radius 2 is 1.70 bits per heavy atom. The van der Waals surface area contributed by atoms with Gasteiger partial charge in [0.05, 0.1) is 0 Å². The highest BCUT2D eigenvalue weighted by Crippen LogP contribution is 2.47. The second-order valence-corrected chi connectivity index (χ2v) is 3.43. The van der Waals surface area contributed by atoms with Crippen molar-refractivity contribution in [2.45, 2.75) is 25.2 Å². The molecule has 1 aromatic carbocycles. The van der Waals surface area contributed by atoms with Crippen molar-refractivity contribution in [1.29, 1.82) is 0 Å². The first-order valence-corrected chi connectivity index (χ1v) is 3.87. The summed E-state index contributed by atoms with van der Waals surface area (Å²) in [6, 6.07) is 10.8. The Bertz CT molecular complexity index is 219. The van der Waals surface area contributed by atoms with E-state index < -0.39 is 0 Å². The number of hydrogen-bond donors (Lipinski definition) is 0. The lowest BCUT2D eigenvalue weighted by Gasteiger charge is -2.06. The van der Waals surface area contributed by atoms with Gasteiger partial charge in [0.25, 0.3) is 0 Å². The second-order valence-electron chi connectivity index (χ2n) is 3.43. The van der Waals surface area contributed by atoms with Crippen LogP contribution >= 0.6 is 0 Å². The molecule has 0 spiro atoms. The van der Waals surface area contributed by atoms with E-state index in [1.807, 2.05) is 0 Å². The van der Waals surface area contributed by atoms with Crippen molar-refractivity contribution in [1.82, 2.24) is 0 Å². The molecule has 10 heavy (non-hydrogen) atoms. The molecule has 0 bridgehead atoms. The molecule has 0 N–H and O–H groups in total. The zero-order valence-electron chi connectivity index (χ0n) is 6.30. The van der Waals surface area contributed by atoms with Crippen molar-refractivity contribution in [2.24, 2.45) is 0 Å². The molecule has 0 unspecified atom stereocenters. The zero-order valence-corrected chi connectivity index (χ0v) is 6.30. The van der Waals surface area contributed by atoms with E-state index in [2.05, 4.69) is 37.3 Å². The first-order valence-electron chi connectivity index (χ1n) is 3.87. The van der Waals surface area contributed by atoms with Crippen LogP contribution in [0, 0.1) is 0 Å². The maximum Gasteiger partial charge on any atom is -0.00746 e. The van der Waals surface area contributed by atoms with E-state index in [1.54, 1.807) is 0 Å². The van der Waals surface area contributed by atoms with Crippen LogP contribution in [0.15, 0.2) is 30.3 Å². The van der Waals surface area contributed by atoms with Gasteiger partial charge in [-0.3, -0.25) is 0 Å². The fourth-order valence-corrected chi connectivity index (χ4v) is 1.32. The highest BCUT2D eigenvalue weighted by Gasteiger charge is 2.38. The molecule has 0 amide bonds. The zero-order chi connectivity index (χ0) is 7.03. The third-order valence-electron chi connectivity index (χ3n) is 2.47. The maximum absolute atomic E-state index is 2.34. The molecule has 1 fully saturated rings. The van der Waals surface area contributed by atoms with Crippen molar-refractivity contribution in [3.8, 4) is 0 Å². The summed E-state index contributed by atoms with van der Waals surface area (Å²) in [5.41, 5.74) is 2.05. The van der Waals surface area contributed by atoms with E-state index in [4.69, 9.17) is 0 Å². The van der Waals surface area contributed by atoms with Gasteiger partial charge in [-0.05, 0) is 23.8 Å². The maximum atomic E-state index is 2.34. The van der Waals surface area contributed by atoms with Gasteiger partial charge in [-0.1, -0.05) is 37.3 Å². The van der Waals surface area contributed by atoms with Crippen LogP contribution in [0.2, 0.25) is 0 Å². The molecule has 0 aromatic heterocycles. The minimum Gasteiger partial charge on any atom is -0.0622 e. The number of hydrogen-bond acceptors (Lipinski definition) is 0. The average molecular weight is 132 g/mol. The van der Waals surface area contributed by atoms with Gasteiger partial charge < -0.3 is 0 Å². The molecular weight excluding hydrogens is 120 g/mol. The van der Waals surface area contributed by atoms with E-state index in [1.165, 1.54) is 18.4 Å². The second kappa shape index (κ2) is 1.85. The molecule has 2 rings (SSSR count). The van der Waals surface area contributed by atoms with Crippen molar-refractivity contribution < 1.29 is 0 Å². The van der Waals surface area contributed by atoms with Crippen LogP contribution in [0.25, 0.3) is 0 Å². The van der Waals surface area contributed by atoms with Gasteiger partial charge in [0, 0.05) is 0 Å². The Balaban J connectivity index is 2.35. The summed E-state index contributed by atoms with van der Waals surface area (Å²) in [7, 11) is 0. The van der Waals surface area contributed by atoms with E-state index in [-0.39, 0.29) is 0 Å². The normalized spacial score (nSPS) is 20.5. The van der Waals surface area contributed by atoms with Gasteiger partial charge in [0.1, 0.15) is 0 Å². The lowest BCUT2D eigenvalue weighted by Crippen LogP contribution is -1.97. The Morgan fingerprint density at radius 1 is 1.10 bits per heavy atom. The molecule has 0 saturated heterocycles. The predicted octanol–water partition coefficient (Wildman–Crippen LogP) is 2.74. The van der Waals surface area contributed by atoms with Gasteiger partial charge in [0.15, 0.2) is 0 Å². The molecule has 1 aromatic rings. The third kappa shape index (κ3) is 0.841. The fourth-order valence-electron chi connectivity index (χ4n) is 1.32. The molecule has 0 heteroatoms. The first kappa shape index (κ1) is 5.96. The quantitative estimate of drug-likeness (QED) is 0.551. The van der Waals surface area contributed by atoms with E-state index >= 15 is 0 Å². The predicted molar refractivity (Wildman–Crippen MR) is 43.0 cm³/mol. The summed E-state index contributed by atoms with van der Waals surface area (Å²) in [5.74, 6) is 0. The lowest BCUT2D eigenvalue weighted by atomic mass is 9.99. The molecule has 52 valence electrons. The standard InChI is InChI=1S/C10H12/c1-10(7-8-10)9-5-3-2-4-6-9/h2-6H,7-8H2,1H3. The molecule has 0 aliphatic heterocycles. The average Bonchev–Trinajstić information content (AvgIpc) is 2.72. The summed E-state index contributed by atoms with van der Waals surface area (Å²) in [6.07, 6.45) is 2.74. The van der Waals surface area contributed by atoms with Crippen LogP contribution in [0.5, 0.6) is 0 Å². The summed E-state index contributed by atoms with van der Waals surface area (Å²) in [4.78, 5) is 0. The number of benzene rings is 1. The van der Waals surface area contributed by atoms with Crippen LogP contribution in [0.4, 0.5) is 0 Å². The first-order chi connectivity index (χ1) is 4.81. The van der Waals surface area contributed by atoms with Crippen LogP contribution in [-0.4, -0.2) is 0 Å². The van der Waals surface area contributed by atoms with Crippen LogP contribution in [0.1, 0.15) is 25.3 Å². The summed E-state index contributed by atoms with van der Waals surface area (Å²) in [6.45, 7) is 2.34. The summed E-state index contributed by atoms with van der Waals surface area (Å²) >= 11 is 0. The van der Waals surface area contributed by atoms with Gasteiger partial charge in [0.2, 0.25) is 0 Å².